The van der Waals surface area contributed by atoms with Crippen LogP contribution in [0.3, 0.4) is 0 Å². The number of nitrogens with one attached hydrogen (secondary N) is 1. The maximum atomic E-state index is 11.6. The highest BCUT2D eigenvalue weighted by atomic mass is 35.5. The van der Waals surface area contributed by atoms with Crippen LogP contribution in [-0.4, -0.2) is 5.91 Å². The van der Waals surface area contributed by atoms with Crippen molar-refractivity contribution < 1.29 is 9.53 Å². The molecule has 0 unspecified atom stereocenters. The number of ether oxygens (including phenoxy) is 1. The van der Waals surface area contributed by atoms with Gasteiger partial charge in [-0.25, -0.2) is 0 Å². The topological polar surface area (TPSA) is 62.1 Å². The number of carbonyl (C=O) groups is 1. The van der Waals surface area contributed by atoms with Gasteiger partial charge in [0.2, 0.25) is 5.91 Å². The molecule has 2 aromatic carbocycles. The van der Waals surface area contributed by atoms with Gasteiger partial charge in [-0.15, -0.1) is 0 Å². The molecule has 0 bridgehead atoms. The summed E-state index contributed by atoms with van der Waals surface area (Å²) in [4.78, 5) is 11.6. The monoisotopic (exact) mass is 314 g/mol. The number of rotatable bonds is 4. The van der Waals surface area contributed by atoms with Crippen molar-refractivity contribution in [3.8, 4) is 17.6 Å². The highest BCUT2D eigenvalue weighted by Crippen LogP contribution is 2.31. The molecule has 22 heavy (non-hydrogen) atoms. The van der Waals surface area contributed by atoms with Gasteiger partial charge in [0.05, 0.1) is 16.7 Å². The summed E-state index contributed by atoms with van der Waals surface area (Å²) in [7, 11) is 0. The van der Waals surface area contributed by atoms with E-state index in [9.17, 15) is 4.79 Å². The summed E-state index contributed by atoms with van der Waals surface area (Å²) in [6, 6.07) is 13.8. The van der Waals surface area contributed by atoms with E-state index < -0.39 is 0 Å². The molecular weight excluding hydrogens is 300 g/mol. The number of halogens is 1. The maximum absolute atomic E-state index is 11.6. The number of anilines is 1. The fourth-order valence-corrected chi connectivity index (χ4v) is 1.89. The number of carbonyl (C=O) groups excluding carboxylic acids is 1. The highest BCUT2D eigenvalue weighted by Gasteiger charge is 2.09. The van der Waals surface area contributed by atoms with Crippen LogP contribution in [0.15, 0.2) is 42.5 Å². The van der Waals surface area contributed by atoms with Crippen LogP contribution in [0.25, 0.3) is 0 Å². The van der Waals surface area contributed by atoms with Gasteiger partial charge < -0.3 is 10.1 Å². The molecule has 0 atom stereocenters. The van der Waals surface area contributed by atoms with Crippen LogP contribution in [-0.2, 0) is 4.79 Å². The summed E-state index contributed by atoms with van der Waals surface area (Å²) in [5.41, 5.74) is 1.18. The van der Waals surface area contributed by atoms with E-state index >= 15 is 0 Å². The molecule has 0 saturated carbocycles. The van der Waals surface area contributed by atoms with Crippen LogP contribution in [0.5, 0.6) is 11.5 Å². The van der Waals surface area contributed by atoms with Gasteiger partial charge in [0, 0.05) is 11.6 Å². The lowest BCUT2D eigenvalue weighted by molar-refractivity contribution is -0.118. The molecule has 0 radical (unpaired) electrons. The van der Waals surface area contributed by atoms with Gasteiger partial charge in [-0.1, -0.05) is 25.4 Å². The highest BCUT2D eigenvalue weighted by molar-refractivity contribution is 6.32. The lowest BCUT2D eigenvalue weighted by Crippen LogP contribution is -2.17. The minimum atomic E-state index is -0.103. The van der Waals surface area contributed by atoms with Crippen molar-refractivity contribution in [2.45, 2.75) is 13.8 Å². The fraction of sp³-hybridized carbons (Fsp3) is 0.176. The van der Waals surface area contributed by atoms with E-state index in [0.717, 1.165) is 0 Å². The molecule has 1 N–H and O–H groups in total. The third-order valence-corrected chi connectivity index (χ3v) is 3.23. The third kappa shape index (κ3) is 4.00. The molecule has 0 heterocycles. The Morgan fingerprint density at radius 3 is 2.45 bits per heavy atom. The van der Waals surface area contributed by atoms with E-state index in [2.05, 4.69) is 5.32 Å². The van der Waals surface area contributed by atoms with E-state index in [-0.39, 0.29) is 11.8 Å². The summed E-state index contributed by atoms with van der Waals surface area (Å²) in [5, 5.41) is 11.9. The molecule has 2 aromatic rings. The van der Waals surface area contributed by atoms with Crippen LogP contribution >= 0.6 is 11.6 Å². The Hall–Kier alpha value is -2.51. The first kappa shape index (κ1) is 15.9. The van der Waals surface area contributed by atoms with Crippen molar-refractivity contribution in [3.63, 3.8) is 0 Å². The lowest BCUT2D eigenvalue weighted by atomic mass is 10.2. The van der Waals surface area contributed by atoms with E-state index in [4.69, 9.17) is 21.6 Å². The first-order valence-corrected chi connectivity index (χ1v) is 7.16. The van der Waals surface area contributed by atoms with Crippen molar-refractivity contribution in [1.82, 2.24) is 0 Å². The zero-order chi connectivity index (χ0) is 16.1. The molecule has 5 heteroatoms. The quantitative estimate of drug-likeness (QED) is 0.897. The average molecular weight is 315 g/mol. The number of amides is 1. The van der Waals surface area contributed by atoms with Crippen LogP contribution in [0.2, 0.25) is 5.02 Å². The standard InChI is InChI=1S/C17H15ClN2O2/c1-11(2)17(21)20-13-5-8-16(15(18)9-13)22-14-6-3-12(10-19)4-7-14/h3-9,11H,1-2H3,(H,20,21). The predicted octanol–water partition coefficient (Wildman–Crippen LogP) is 4.60. The summed E-state index contributed by atoms with van der Waals surface area (Å²) in [5.74, 6) is 0.888. The van der Waals surface area contributed by atoms with Crippen molar-refractivity contribution in [1.29, 1.82) is 5.26 Å². The molecule has 0 saturated heterocycles. The van der Waals surface area contributed by atoms with Gasteiger partial charge in [0.1, 0.15) is 11.5 Å². The average Bonchev–Trinajstić information content (AvgIpc) is 2.50. The van der Waals surface area contributed by atoms with E-state index in [0.29, 0.717) is 27.8 Å². The maximum Gasteiger partial charge on any atom is 0.226 e. The normalized spacial score (nSPS) is 10.1. The summed E-state index contributed by atoms with van der Waals surface area (Å²) >= 11 is 6.17. The predicted molar refractivity (Wildman–Crippen MR) is 86.2 cm³/mol. The lowest BCUT2D eigenvalue weighted by Gasteiger charge is -2.11. The van der Waals surface area contributed by atoms with Crippen molar-refractivity contribution in [3.05, 3.63) is 53.1 Å². The van der Waals surface area contributed by atoms with Gasteiger partial charge in [-0.05, 0) is 42.5 Å². The summed E-state index contributed by atoms with van der Waals surface area (Å²) in [6.07, 6.45) is 0. The molecule has 0 aliphatic heterocycles. The summed E-state index contributed by atoms with van der Waals surface area (Å²) < 4.78 is 5.66. The Bertz CT molecular complexity index is 718. The number of nitriles is 1. The Kier molecular flexibility index (Phi) is 5.03. The van der Waals surface area contributed by atoms with Crippen LogP contribution < -0.4 is 10.1 Å². The Morgan fingerprint density at radius 1 is 1.23 bits per heavy atom. The van der Waals surface area contributed by atoms with E-state index in [1.54, 1.807) is 42.5 Å². The molecule has 0 aliphatic rings. The molecule has 112 valence electrons. The zero-order valence-corrected chi connectivity index (χ0v) is 13.0. The zero-order valence-electron chi connectivity index (χ0n) is 12.3. The second-order valence-electron chi connectivity index (χ2n) is 5.03. The SMILES string of the molecule is CC(C)C(=O)Nc1ccc(Oc2ccc(C#N)cc2)c(Cl)c1. The van der Waals surface area contributed by atoms with Crippen molar-refractivity contribution in [2.24, 2.45) is 5.92 Å². The number of hydrogen-bond acceptors (Lipinski definition) is 3. The van der Waals surface area contributed by atoms with E-state index in [1.807, 2.05) is 19.9 Å². The second-order valence-corrected chi connectivity index (χ2v) is 5.43. The van der Waals surface area contributed by atoms with Gasteiger partial charge >= 0.3 is 0 Å². The van der Waals surface area contributed by atoms with Gasteiger partial charge in [0.25, 0.3) is 0 Å². The molecule has 0 aliphatic carbocycles. The first-order chi connectivity index (χ1) is 10.5. The summed E-state index contributed by atoms with van der Waals surface area (Å²) in [6.45, 7) is 3.64. The third-order valence-electron chi connectivity index (χ3n) is 2.94. The number of hydrogen-bond donors (Lipinski definition) is 1. The fourth-order valence-electron chi connectivity index (χ4n) is 1.67. The molecule has 1 amide bonds. The molecule has 0 spiro atoms. The number of nitrogens with zero attached hydrogens (tertiary/aromatic N) is 1. The minimum absolute atomic E-state index is 0.0724. The molecule has 4 nitrogen and oxygen atoms in total. The molecule has 2 rings (SSSR count). The van der Waals surface area contributed by atoms with Gasteiger partial charge in [-0.2, -0.15) is 5.26 Å². The van der Waals surface area contributed by atoms with Crippen LogP contribution in [0.1, 0.15) is 19.4 Å². The Labute approximate surface area is 134 Å². The van der Waals surface area contributed by atoms with Crippen molar-refractivity contribution in [2.75, 3.05) is 5.32 Å². The van der Waals surface area contributed by atoms with Crippen LogP contribution in [0, 0.1) is 17.2 Å². The Balaban J connectivity index is 2.12. The molecular formula is C17H15ClN2O2. The van der Waals surface area contributed by atoms with E-state index in [1.165, 1.54) is 0 Å². The smallest absolute Gasteiger partial charge is 0.226 e. The van der Waals surface area contributed by atoms with Gasteiger partial charge in [-0.3, -0.25) is 4.79 Å². The first-order valence-electron chi connectivity index (χ1n) is 6.78. The molecule has 0 fully saturated rings. The van der Waals surface area contributed by atoms with Crippen LogP contribution in [0.4, 0.5) is 5.69 Å². The number of benzene rings is 2. The molecule has 0 aromatic heterocycles. The minimum Gasteiger partial charge on any atom is -0.456 e. The Morgan fingerprint density at radius 2 is 1.91 bits per heavy atom. The largest absolute Gasteiger partial charge is 0.456 e. The van der Waals surface area contributed by atoms with Gasteiger partial charge in [0.15, 0.2) is 0 Å². The second kappa shape index (κ2) is 6.97. The van der Waals surface area contributed by atoms with Crippen molar-refractivity contribution >= 4 is 23.2 Å².